The first-order valence-corrected chi connectivity index (χ1v) is 7.50. The van der Waals surface area contributed by atoms with Crippen molar-refractivity contribution in [3.8, 4) is 0 Å². The van der Waals surface area contributed by atoms with Gasteiger partial charge in [0, 0.05) is 24.1 Å². The Bertz CT molecular complexity index is 694. The lowest BCUT2D eigenvalue weighted by molar-refractivity contribution is -0.711. The van der Waals surface area contributed by atoms with Crippen LogP contribution in [-0.2, 0) is 9.53 Å². The molecular weight excluding hydrogens is 370 g/mol. The number of nitrogens with zero attached hydrogens (tertiary/aromatic N) is 1. The fourth-order valence-electron chi connectivity index (χ4n) is 2.28. The average Bonchev–Trinajstić information content (AvgIpc) is 2.61. The number of ether oxygens (including phenoxy) is 1. The van der Waals surface area contributed by atoms with E-state index in [1.165, 1.54) is 7.11 Å². The van der Waals surface area contributed by atoms with E-state index in [1.54, 1.807) is 12.1 Å². The lowest BCUT2D eigenvalue weighted by Crippen LogP contribution is -3.00. The van der Waals surface area contributed by atoms with Crippen molar-refractivity contribution >= 4 is 24.4 Å². The van der Waals surface area contributed by atoms with E-state index in [-0.39, 0.29) is 29.0 Å². The molecule has 0 saturated heterocycles. The topological polar surface area (TPSA) is 47.2 Å². The molecule has 0 amide bonds. The van der Waals surface area contributed by atoms with Gasteiger partial charge in [-0.15, -0.1) is 0 Å². The minimum absolute atomic E-state index is 0. The summed E-state index contributed by atoms with van der Waals surface area (Å²) in [5, 5.41) is 0. The largest absolute Gasteiger partial charge is 1.00 e. The highest BCUT2D eigenvalue weighted by Crippen LogP contribution is 2.10. The Labute approximate surface area is 152 Å². The third-order valence-electron chi connectivity index (χ3n) is 3.64. The predicted octanol–water partition coefficient (Wildman–Crippen LogP) is 0.0851. The molecule has 0 bridgehead atoms. The first kappa shape index (κ1) is 19.8. The van der Waals surface area contributed by atoms with Gasteiger partial charge in [0.25, 0.3) is 6.04 Å². The number of methoxy groups -OCH3 is 1. The summed E-state index contributed by atoms with van der Waals surface area (Å²) in [6.07, 6.45) is 9.22. The van der Waals surface area contributed by atoms with Gasteiger partial charge in [-0.3, -0.25) is 4.79 Å². The van der Waals surface area contributed by atoms with Gasteiger partial charge < -0.3 is 21.7 Å². The minimum Gasteiger partial charge on any atom is -1.00 e. The molecular formula is C19H20BrNO3. The van der Waals surface area contributed by atoms with Crippen molar-refractivity contribution in [1.29, 1.82) is 0 Å². The minimum atomic E-state index is -0.297. The number of benzene rings is 1. The Morgan fingerprint density at radius 1 is 1.04 bits per heavy atom. The van der Waals surface area contributed by atoms with Crippen molar-refractivity contribution in [2.45, 2.75) is 19.4 Å². The van der Waals surface area contributed by atoms with Crippen LogP contribution in [0.5, 0.6) is 0 Å². The van der Waals surface area contributed by atoms with Crippen LogP contribution in [0.15, 0.2) is 48.8 Å². The molecule has 0 aliphatic carbocycles. The first-order valence-electron chi connectivity index (χ1n) is 7.50. The van der Waals surface area contributed by atoms with Crippen molar-refractivity contribution in [2.24, 2.45) is 0 Å². The van der Waals surface area contributed by atoms with Crippen LogP contribution in [0.1, 0.15) is 40.9 Å². The Morgan fingerprint density at radius 3 is 2.00 bits per heavy atom. The van der Waals surface area contributed by atoms with E-state index in [4.69, 9.17) is 4.74 Å². The van der Waals surface area contributed by atoms with E-state index < -0.39 is 0 Å². The van der Waals surface area contributed by atoms with E-state index in [9.17, 15) is 9.59 Å². The highest BCUT2D eigenvalue weighted by Gasteiger charge is 2.25. The van der Waals surface area contributed by atoms with Crippen molar-refractivity contribution in [1.82, 2.24) is 0 Å². The second kappa shape index (κ2) is 9.78. The van der Waals surface area contributed by atoms with Gasteiger partial charge in [0.2, 0.25) is 0 Å². The molecule has 1 aromatic heterocycles. The molecule has 1 aromatic carbocycles. The van der Waals surface area contributed by atoms with Crippen molar-refractivity contribution in [3.63, 3.8) is 0 Å². The Hall–Kier alpha value is -2.27. The third-order valence-corrected chi connectivity index (χ3v) is 3.64. The van der Waals surface area contributed by atoms with Crippen LogP contribution in [0, 0.1) is 0 Å². The summed E-state index contributed by atoms with van der Waals surface area (Å²) in [5.74, 6) is -0.240. The van der Waals surface area contributed by atoms with E-state index in [0.29, 0.717) is 12.0 Å². The van der Waals surface area contributed by atoms with Gasteiger partial charge >= 0.3 is 5.97 Å². The Morgan fingerprint density at radius 2 is 1.54 bits per heavy atom. The molecule has 0 aliphatic rings. The lowest BCUT2D eigenvalue weighted by Gasteiger charge is -2.07. The second-order valence-electron chi connectivity index (χ2n) is 5.14. The van der Waals surface area contributed by atoms with Gasteiger partial charge in [0.1, 0.15) is 6.29 Å². The summed E-state index contributed by atoms with van der Waals surface area (Å²) in [6, 6.07) is 11.0. The van der Waals surface area contributed by atoms with Crippen LogP contribution in [-0.4, -0.2) is 19.4 Å². The van der Waals surface area contributed by atoms with Gasteiger partial charge in [-0.1, -0.05) is 43.3 Å². The molecule has 24 heavy (non-hydrogen) atoms. The van der Waals surface area contributed by atoms with Crippen LogP contribution in [0.3, 0.4) is 0 Å². The molecule has 0 saturated carbocycles. The number of carbonyl (C=O) groups excluding carboxylic acids is 2. The van der Waals surface area contributed by atoms with Crippen molar-refractivity contribution < 1.29 is 35.9 Å². The van der Waals surface area contributed by atoms with Crippen LogP contribution in [0.4, 0.5) is 0 Å². The molecule has 2 aromatic rings. The van der Waals surface area contributed by atoms with Crippen molar-refractivity contribution in [2.75, 3.05) is 7.11 Å². The monoisotopic (exact) mass is 389 g/mol. The lowest BCUT2D eigenvalue weighted by atomic mass is 10.1. The number of rotatable bonds is 6. The Balaban J connectivity index is 0.00000288. The average molecular weight is 390 g/mol. The first-order chi connectivity index (χ1) is 11.2. The predicted molar refractivity (Wildman–Crippen MR) is 88.7 cm³/mol. The summed E-state index contributed by atoms with van der Waals surface area (Å²) in [4.78, 5) is 22.3. The number of aromatic nitrogens is 1. The Kier molecular flexibility index (Phi) is 8.06. The third kappa shape index (κ3) is 5.13. The van der Waals surface area contributed by atoms with Gasteiger partial charge in [-0.25, -0.2) is 4.79 Å². The van der Waals surface area contributed by atoms with Gasteiger partial charge in [0.15, 0.2) is 12.4 Å². The van der Waals surface area contributed by atoms with Gasteiger partial charge in [0.05, 0.1) is 7.11 Å². The zero-order valence-electron chi connectivity index (χ0n) is 13.7. The zero-order valence-corrected chi connectivity index (χ0v) is 15.3. The quantitative estimate of drug-likeness (QED) is 0.399. The second-order valence-corrected chi connectivity index (χ2v) is 5.14. The maximum atomic E-state index is 11.7. The maximum absolute atomic E-state index is 11.7. The highest BCUT2D eigenvalue weighted by molar-refractivity contribution is 5.76. The summed E-state index contributed by atoms with van der Waals surface area (Å²) >= 11 is 0. The molecule has 0 radical (unpaired) electrons. The number of pyridine rings is 1. The number of esters is 1. The standard InChI is InChI=1S/C19H20NO3.BrH/c1-3-18(19(22)23-2)20-12-10-16(11-13-20)5-4-15-6-8-17(14-21)9-7-15;/h4-14,18H,3H2,1-2H3;1H/q+1;/p-1. The van der Waals surface area contributed by atoms with E-state index in [2.05, 4.69) is 0 Å². The van der Waals surface area contributed by atoms with E-state index >= 15 is 0 Å². The number of hydrogen-bond donors (Lipinski definition) is 0. The van der Waals surface area contributed by atoms with E-state index in [1.807, 2.05) is 60.3 Å². The summed E-state index contributed by atoms with van der Waals surface area (Å²) < 4.78 is 6.66. The summed E-state index contributed by atoms with van der Waals surface area (Å²) in [6.45, 7) is 1.95. The molecule has 126 valence electrons. The highest BCUT2D eigenvalue weighted by atomic mass is 79.9. The molecule has 0 aliphatic heterocycles. The number of hydrogen-bond acceptors (Lipinski definition) is 3. The zero-order chi connectivity index (χ0) is 16.7. The molecule has 0 fully saturated rings. The molecule has 1 heterocycles. The van der Waals surface area contributed by atoms with Gasteiger partial charge in [-0.2, -0.15) is 4.57 Å². The summed E-state index contributed by atoms with van der Waals surface area (Å²) in [7, 11) is 1.40. The van der Waals surface area contributed by atoms with Crippen LogP contribution in [0.2, 0.25) is 0 Å². The number of aldehydes is 1. The normalized spacial score (nSPS) is 11.6. The molecule has 4 nitrogen and oxygen atoms in total. The van der Waals surface area contributed by atoms with Crippen LogP contribution >= 0.6 is 0 Å². The SMILES string of the molecule is CCC(C(=O)OC)[n+]1ccc(C=Cc2ccc(C=O)cc2)cc1.[Br-]. The van der Waals surface area contributed by atoms with Crippen LogP contribution in [0.25, 0.3) is 12.2 Å². The number of carbonyl (C=O) groups is 2. The summed E-state index contributed by atoms with van der Waals surface area (Å²) in [5.41, 5.74) is 2.71. The molecule has 0 N–H and O–H groups in total. The molecule has 1 atom stereocenters. The molecule has 1 unspecified atom stereocenters. The van der Waals surface area contributed by atoms with E-state index in [0.717, 1.165) is 17.4 Å². The smallest absolute Gasteiger partial charge is 0.375 e. The fraction of sp³-hybridized carbons (Fsp3) is 0.211. The molecule has 0 spiro atoms. The number of halogens is 1. The van der Waals surface area contributed by atoms with Gasteiger partial charge in [-0.05, 0) is 11.1 Å². The fourth-order valence-corrected chi connectivity index (χ4v) is 2.28. The molecule has 5 heteroatoms. The molecule has 2 rings (SSSR count). The van der Waals surface area contributed by atoms with Crippen molar-refractivity contribution in [3.05, 3.63) is 65.5 Å². The maximum Gasteiger partial charge on any atom is 0.375 e. The van der Waals surface area contributed by atoms with Crippen LogP contribution < -0.4 is 21.5 Å².